The van der Waals surface area contributed by atoms with Gasteiger partial charge in [-0.05, 0) is 56.6 Å². The van der Waals surface area contributed by atoms with Crippen molar-refractivity contribution in [3.8, 4) is 0 Å². The number of aromatic nitrogens is 3. The monoisotopic (exact) mass is 471 g/mol. The van der Waals surface area contributed by atoms with Crippen molar-refractivity contribution in [2.75, 3.05) is 38.0 Å². The van der Waals surface area contributed by atoms with Gasteiger partial charge in [-0.2, -0.15) is 0 Å². The number of carbonyl (C=O) groups is 1. The van der Waals surface area contributed by atoms with Crippen molar-refractivity contribution in [3.05, 3.63) is 54.0 Å². The van der Waals surface area contributed by atoms with Gasteiger partial charge in [0.25, 0.3) is 5.91 Å². The highest BCUT2D eigenvalue weighted by molar-refractivity contribution is 5.99. The molecule has 0 atom stereocenters. The lowest BCUT2D eigenvalue weighted by Crippen LogP contribution is -2.57. The van der Waals surface area contributed by atoms with E-state index in [0.29, 0.717) is 17.1 Å². The van der Waals surface area contributed by atoms with Gasteiger partial charge in [-0.1, -0.05) is 19.9 Å². The Labute approximate surface area is 206 Å². The molecule has 4 heterocycles. The summed E-state index contributed by atoms with van der Waals surface area (Å²) in [5, 5.41) is 4.27. The van der Waals surface area contributed by atoms with Gasteiger partial charge in [0.1, 0.15) is 5.69 Å². The minimum absolute atomic E-state index is 0.0882. The fraction of sp³-hybridized carbons (Fsp3) is 0.407. The van der Waals surface area contributed by atoms with Gasteiger partial charge in [-0.25, -0.2) is 9.97 Å². The second kappa shape index (κ2) is 9.62. The Kier molecular flexibility index (Phi) is 6.38. The number of carbonyl (C=O) groups excluding carboxylic acids is 1. The maximum Gasteiger partial charge on any atom is 0.270 e. The summed E-state index contributed by atoms with van der Waals surface area (Å²) in [5.41, 5.74) is 4.35. The zero-order valence-electron chi connectivity index (χ0n) is 20.7. The maximum atomic E-state index is 13.2. The molecule has 2 aliphatic heterocycles. The topological polar surface area (TPSA) is 89.5 Å². The third-order valence-electron chi connectivity index (χ3n) is 6.98. The Morgan fingerprint density at radius 1 is 1.23 bits per heavy atom. The summed E-state index contributed by atoms with van der Waals surface area (Å²) in [6, 6.07) is 9.77. The molecule has 35 heavy (non-hydrogen) atoms. The molecule has 0 unspecified atom stereocenters. The minimum atomic E-state index is 0.0882. The molecule has 2 fully saturated rings. The lowest BCUT2D eigenvalue weighted by Gasteiger charge is -2.47. The van der Waals surface area contributed by atoms with Crippen molar-refractivity contribution < 1.29 is 4.79 Å². The van der Waals surface area contributed by atoms with Crippen molar-refractivity contribution in [1.29, 1.82) is 0 Å². The van der Waals surface area contributed by atoms with Crippen LogP contribution in [0.5, 0.6) is 0 Å². The second-order valence-electron chi connectivity index (χ2n) is 9.54. The van der Waals surface area contributed by atoms with Crippen LogP contribution in [0.2, 0.25) is 0 Å². The highest BCUT2D eigenvalue weighted by Gasteiger charge is 2.48. The molecular formula is C27H33N7O. The van der Waals surface area contributed by atoms with E-state index in [1.807, 2.05) is 48.2 Å². The molecule has 0 saturated carbocycles. The van der Waals surface area contributed by atoms with Crippen molar-refractivity contribution in [2.45, 2.75) is 33.6 Å². The van der Waals surface area contributed by atoms with Gasteiger partial charge in [0, 0.05) is 60.6 Å². The highest BCUT2D eigenvalue weighted by Crippen LogP contribution is 2.39. The normalized spacial score (nSPS) is 18.0. The Balaban J connectivity index is 1.30. The van der Waals surface area contributed by atoms with E-state index in [1.165, 1.54) is 0 Å². The molecule has 1 amide bonds. The first-order chi connectivity index (χ1) is 17.0. The first-order valence-corrected chi connectivity index (χ1v) is 12.5. The number of rotatable bonds is 7. The number of H-pyrrole nitrogens is 1. The van der Waals surface area contributed by atoms with E-state index >= 15 is 0 Å². The number of fused-ring (bicyclic) bond motifs is 1. The second-order valence-corrected chi connectivity index (χ2v) is 9.54. The third kappa shape index (κ3) is 4.71. The minimum Gasteiger partial charge on any atom is -0.351 e. The van der Waals surface area contributed by atoms with Gasteiger partial charge in [-0.15, -0.1) is 0 Å². The summed E-state index contributed by atoms with van der Waals surface area (Å²) in [5.74, 6) is 0.594. The van der Waals surface area contributed by atoms with Crippen molar-refractivity contribution in [1.82, 2.24) is 24.8 Å². The van der Waals surface area contributed by atoms with E-state index in [2.05, 4.69) is 44.0 Å². The number of hydrogen-bond donors (Lipinski definition) is 2. The maximum absolute atomic E-state index is 13.2. The quantitative estimate of drug-likeness (QED) is 0.487. The van der Waals surface area contributed by atoms with E-state index in [-0.39, 0.29) is 5.91 Å². The van der Waals surface area contributed by atoms with Crippen molar-refractivity contribution in [3.63, 3.8) is 0 Å². The van der Waals surface area contributed by atoms with E-state index < -0.39 is 0 Å². The van der Waals surface area contributed by atoms with Crippen LogP contribution < -0.4 is 5.32 Å². The first kappa shape index (κ1) is 23.2. The van der Waals surface area contributed by atoms with Gasteiger partial charge >= 0.3 is 0 Å². The lowest BCUT2D eigenvalue weighted by molar-refractivity contribution is 0.0130. The molecule has 2 aliphatic rings. The molecule has 182 valence electrons. The molecule has 8 heteroatoms. The molecule has 0 aliphatic carbocycles. The van der Waals surface area contributed by atoms with Gasteiger partial charge in [-0.3, -0.25) is 9.79 Å². The van der Waals surface area contributed by atoms with E-state index in [4.69, 9.17) is 0 Å². The Morgan fingerprint density at radius 3 is 2.86 bits per heavy atom. The van der Waals surface area contributed by atoms with E-state index in [0.717, 1.165) is 73.5 Å². The van der Waals surface area contributed by atoms with Gasteiger partial charge in [0.05, 0.1) is 11.4 Å². The van der Waals surface area contributed by atoms with E-state index in [1.54, 1.807) is 12.4 Å². The first-order valence-electron chi connectivity index (χ1n) is 12.5. The van der Waals surface area contributed by atoms with Crippen LogP contribution in [-0.4, -0.2) is 69.6 Å². The molecule has 2 N–H and O–H groups in total. The number of hydrogen-bond acceptors (Lipinski definition) is 6. The van der Waals surface area contributed by atoms with Crippen LogP contribution in [0, 0.1) is 5.41 Å². The summed E-state index contributed by atoms with van der Waals surface area (Å²) in [7, 11) is 0. The molecule has 0 bridgehead atoms. The molecule has 2 saturated heterocycles. The summed E-state index contributed by atoms with van der Waals surface area (Å²) in [6.07, 6.45) is 7.52. The molecule has 2 aromatic heterocycles. The van der Waals surface area contributed by atoms with Crippen LogP contribution in [0.4, 0.5) is 11.6 Å². The molecule has 8 nitrogen and oxygen atoms in total. The summed E-state index contributed by atoms with van der Waals surface area (Å²) < 4.78 is 0. The van der Waals surface area contributed by atoms with Crippen LogP contribution in [0.25, 0.3) is 16.6 Å². The summed E-state index contributed by atoms with van der Waals surface area (Å²) in [4.78, 5) is 34.4. The zero-order chi connectivity index (χ0) is 24.4. The lowest BCUT2D eigenvalue weighted by atomic mass is 9.79. The number of allylic oxidation sites excluding steroid dienone is 1. The number of benzene rings is 1. The average Bonchev–Trinajstić information content (AvgIpc) is 3.47. The summed E-state index contributed by atoms with van der Waals surface area (Å²) in [6.45, 7) is 11.2. The molecule has 3 aromatic rings. The number of nitrogens with one attached hydrogen (secondary N) is 2. The van der Waals surface area contributed by atoms with Crippen LogP contribution in [-0.2, 0) is 0 Å². The predicted molar refractivity (Wildman–Crippen MR) is 141 cm³/mol. The Hall–Kier alpha value is -3.52. The molecule has 1 aromatic carbocycles. The highest BCUT2D eigenvalue weighted by atomic mass is 16.2. The molecule has 0 radical (unpaired) electrons. The number of amides is 1. The smallest absolute Gasteiger partial charge is 0.270 e. The predicted octanol–water partition coefficient (Wildman–Crippen LogP) is 4.71. The molecule has 1 spiro atoms. The SMILES string of the molecule is CC=N/C(=C\CC)c1ccnc(Nc2ccc3[nH]c(C(=O)N4CCC5(CN(CC)C5)C4)cc3c2)n1. The number of nitrogens with zero attached hydrogens (tertiary/aromatic N) is 5. The zero-order valence-corrected chi connectivity index (χ0v) is 20.7. The van der Waals surface area contributed by atoms with Crippen molar-refractivity contribution in [2.24, 2.45) is 10.4 Å². The average molecular weight is 472 g/mol. The van der Waals surface area contributed by atoms with Crippen LogP contribution in [0.15, 0.2) is 47.6 Å². The van der Waals surface area contributed by atoms with E-state index in [9.17, 15) is 4.79 Å². The standard InChI is InChI=1S/C27H33N7O/c1-4-7-22(28-5-2)23-10-12-29-26(32-23)30-20-8-9-21-19(14-20)15-24(31-21)25(35)34-13-11-27(18-34)16-33(6-3)17-27/h5,7-10,12,14-15,31H,4,6,11,13,16-18H2,1-3H3,(H,29,30,32)/b22-7-,28-5?. The summed E-state index contributed by atoms with van der Waals surface area (Å²) >= 11 is 0. The number of likely N-dealkylation sites (tertiary alicyclic amines) is 2. The Morgan fingerprint density at radius 2 is 2.09 bits per heavy atom. The number of anilines is 2. The Bertz CT molecular complexity index is 1290. The van der Waals surface area contributed by atoms with Crippen molar-refractivity contribution >= 4 is 40.4 Å². The fourth-order valence-electron chi connectivity index (χ4n) is 5.24. The van der Waals surface area contributed by atoms with Gasteiger partial charge in [0.15, 0.2) is 0 Å². The van der Waals surface area contributed by atoms with Gasteiger partial charge < -0.3 is 20.1 Å². The number of aliphatic imine (C=N–C) groups is 1. The van der Waals surface area contributed by atoms with Crippen LogP contribution >= 0.6 is 0 Å². The molecule has 5 rings (SSSR count). The molecular weight excluding hydrogens is 438 g/mol. The van der Waals surface area contributed by atoms with Gasteiger partial charge in [0.2, 0.25) is 5.95 Å². The third-order valence-corrected chi connectivity index (χ3v) is 6.98. The van der Waals surface area contributed by atoms with Crippen LogP contribution in [0.3, 0.4) is 0 Å². The number of aromatic amines is 1. The van der Waals surface area contributed by atoms with Crippen LogP contribution in [0.1, 0.15) is 49.8 Å². The fourth-order valence-corrected chi connectivity index (χ4v) is 5.24. The largest absolute Gasteiger partial charge is 0.351 e.